The summed E-state index contributed by atoms with van der Waals surface area (Å²) in [6.45, 7) is 5.44. The van der Waals surface area contributed by atoms with Crippen molar-refractivity contribution in [1.29, 1.82) is 0 Å². The van der Waals surface area contributed by atoms with Crippen molar-refractivity contribution >= 4 is 40.0 Å². The van der Waals surface area contributed by atoms with Gasteiger partial charge in [0.05, 0.1) is 12.3 Å². The molecule has 6 nitrogen and oxygen atoms in total. The number of nitrogens with zero attached hydrogens (tertiary/aromatic N) is 1. The molecule has 0 fully saturated rings. The fourth-order valence-corrected chi connectivity index (χ4v) is 3.70. The van der Waals surface area contributed by atoms with Crippen molar-refractivity contribution in [2.75, 3.05) is 13.6 Å². The number of hydrogen-bond donors (Lipinski definition) is 3. The molecule has 1 unspecified atom stereocenters. The van der Waals surface area contributed by atoms with Crippen molar-refractivity contribution in [3.05, 3.63) is 71.3 Å². The van der Waals surface area contributed by atoms with E-state index in [2.05, 4.69) is 51.5 Å². The predicted molar refractivity (Wildman–Crippen MR) is 136 cm³/mol. The molecular formula is C22H33IN4O2S. The molecule has 8 heteroatoms. The van der Waals surface area contributed by atoms with Crippen LogP contribution in [-0.4, -0.2) is 34.0 Å². The first-order valence-electron chi connectivity index (χ1n) is 9.99. The summed E-state index contributed by atoms with van der Waals surface area (Å²) in [6.07, 6.45) is 2.02. The molecule has 0 radical (unpaired) electrons. The summed E-state index contributed by atoms with van der Waals surface area (Å²) in [5.41, 5.74) is 3.06. The number of aryl methyl sites for hydroxylation is 1. The van der Waals surface area contributed by atoms with Crippen molar-refractivity contribution in [2.24, 2.45) is 4.99 Å². The molecule has 0 aliphatic carbocycles. The quantitative estimate of drug-likeness (QED) is 0.243. The van der Waals surface area contributed by atoms with Gasteiger partial charge in [-0.2, -0.15) is 0 Å². The number of hydrogen-bond acceptors (Lipinski definition) is 3. The van der Waals surface area contributed by atoms with E-state index in [1.165, 1.54) is 12.6 Å². The molecule has 0 bridgehead atoms. The Hall–Kier alpha value is -1.65. The number of nitrogens with one attached hydrogen (secondary N) is 3. The number of sulfonamides is 1. The van der Waals surface area contributed by atoms with Crippen molar-refractivity contribution in [1.82, 2.24) is 15.4 Å². The Morgan fingerprint density at radius 2 is 1.70 bits per heavy atom. The summed E-state index contributed by atoms with van der Waals surface area (Å²) in [7, 11) is -1.86. The average Bonchev–Trinajstić information content (AvgIpc) is 2.71. The standard InChI is InChI=1S/C22H32N4O2S.HI/c1-4-24-22(26-18(2)13-14-19-9-6-5-7-10-19)25-16-20-11-8-12-21(15-20)17-29(27,28)23-3;/h5-12,15,18,23H,4,13-14,16-17H2,1-3H3,(H2,24,25,26);1H. The Morgan fingerprint density at radius 1 is 1.03 bits per heavy atom. The summed E-state index contributed by atoms with van der Waals surface area (Å²) in [4.78, 5) is 4.67. The van der Waals surface area contributed by atoms with Crippen molar-refractivity contribution in [2.45, 2.75) is 45.0 Å². The van der Waals surface area contributed by atoms with Gasteiger partial charge in [0.25, 0.3) is 0 Å². The zero-order valence-corrected chi connectivity index (χ0v) is 21.0. The van der Waals surface area contributed by atoms with E-state index in [0.29, 0.717) is 6.54 Å². The molecule has 0 heterocycles. The highest BCUT2D eigenvalue weighted by atomic mass is 127. The Labute approximate surface area is 198 Å². The second kappa shape index (κ2) is 13.6. The van der Waals surface area contributed by atoms with Gasteiger partial charge in [-0.05, 0) is 50.4 Å². The minimum absolute atomic E-state index is 0. The lowest BCUT2D eigenvalue weighted by Gasteiger charge is -2.18. The number of aliphatic imine (C=N–C) groups is 1. The summed E-state index contributed by atoms with van der Waals surface area (Å²) < 4.78 is 25.9. The van der Waals surface area contributed by atoms with E-state index in [1.54, 1.807) is 0 Å². The zero-order valence-electron chi connectivity index (χ0n) is 17.9. The SMILES string of the molecule is CCNC(=NCc1cccc(CS(=O)(=O)NC)c1)NC(C)CCc1ccccc1.I. The molecule has 0 saturated heterocycles. The molecule has 0 aliphatic heterocycles. The van der Waals surface area contributed by atoms with Crippen LogP contribution in [0.3, 0.4) is 0 Å². The minimum Gasteiger partial charge on any atom is -0.357 e. The van der Waals surface area contributed by atoms with Gasteiger partial charge in [0, 0.05) is 12.6 Å². The lowest BCUT2D eigenvalue weighted by molar-refractivity contribution is 0.587. The number of halogens is 1. The largest absolute Gasteiger partial charge is 0.357 e. The van der Waals surface area contributed by atoms with Gasteiger partial charge in [-0.15, -0.1) is 24.0 Å². The maximum absolute atomic E-state index is 11.8. The first kappa shape index (κ1) is 26.4. The smallest absolute Gasteiger partial charge is 0.215 e. The van der Waals surface area contributed by atoms with Crippen molar-refractivity contribution in [3.8, 4) is 0 Å². The van der Waals surface area contributed by atoms with Gasteiger partial charge < -0.3 is 10.6 Å². The van der Waals surface area contributed by atoms with E-state index >= 15 is 0 Å². The normalized spacial score (nSPS) is 12.7. The molecule has 0 amide bonds. The van der Waals surface area contributed by atoms with Crippen LogP contribution in [0.1, 0.15) is 37.0 Å². The Bertz CT molecular complexity index is 889. The van der Waals surface area contributed by atoms with E-state index < -0.39 is 10.0 Å². The lowest BCUT2D eigenvalue weighted by Crippen LogP contribution is -2.42. The fraction of sp³-hybridized carbons (Fsp3) is 0.409. The molecule has 0 saturated carbocycles. The van der Waals surface area contributed by atoms with Gasteiger partial charge in [0.15, 0.2) is 5.96 Å². The van der Waals surface area contributed by atoms with Gasteiger partial charge >= 0.3 is 0 Å². The van der Waals surface area contributed by atoms with Crippen LogP contribution in [0.25, 0.3) is 0 Å². The highest BCUT2D eigenvalue weighted by Gasteiger charge is 2.09. The van der Waals surface area contributed by atoms with E-state index in [0.717, 1.165) is 36.5 Å². The summed E-state index contributed by atoms with van der Waals surface area (Å²) in [5, 5.41) is 6.73. The predicted octanol–water partition coefficient (Wildman–Crippen LogP) is 3.43. The van der Waals surface area contributed by atoms with Crippen LogP contribution in [0.5, 0.6) is 0 Å². The molecule has 0 spiro atoms. The first-order valence-corrected chi connectivity index (χ1v) is 11.6. The second-order valence-electron chi connectivity index (χ2n) is 7.05. The number of guanidine groups is 1. The lowest BCUT2D eigenvalue weighted by atomic mass is 10.1. The van der Waals surface area contributed by atoms with Crippen molar-refractivity contribution < 1.29 is 8.42 Å². The van der Waals surface area contributed by atoms with Gasteiger partial charge in [-0.25, -0.2) is 18.1 Å². The summed E-state index contributed by atoms with van der Waals surface area (Å²) in [5.74, 6) is 0.733. The highest BCUT2D eigenvalue weighted by molar-refractivity contribution is 14.0. The third kappa shape index (κ3) is 9.90. The molecule has 1 atom stereocenters. The zero-order chi connectivity index (χ0) is 21.1. The summed E-state index contributed by atoms with van der Waals surface area (Å²) in [6, 6.07) is 18.3. The van der Waals surface area contributed by atoms with E-state index in [1.807, 2.05) is 37.3 Å². The third-order valence-corrected chi connectivity index (χ3v) is 5.85. The molecule has 2 rings (SSSR count). The topological polar surface area (TPSA) is 82.6 Å². The van der Waals surface area contributed by atoms with E-state index in [4.69, 9.17) is 0 Å². The molecule has 30 heavy (non-hydrogen) atoms. The fourth-order valence-electron chi connectivity index (χ4n) is 2.93. The maximum Gasteiger partial charge on any atom is 0.215 e. The molecule has 2 aromatic rings. The van der Waals surface area contributed by atoms with Crippen molar-refractivity contribution in [3.63, 3.8) is 0 Å². The monoisotopic (exact) mass is 544 g/mol. The third-order valence-electron chi connectivity index (χ3n) is 4.52. The van der Waals surface area contributed by atoms with Gasteiger partial charge in [0.2, 0.25) is 10.0 Å². The van der Waals surface area contributed by atoms with E-state index in [-0.39, 0.29) is 35.8 Å². The van der Waals surface area contributed by atoms with Crippen LogP contribution in [-0.2, 0) is 28.7 Å². The minimum atomic E-state index is -3.28. The number of benzene rings is 2. The molecular weight excluding hydrogens is 511 g/mol. The molecule has 3 N–H and O–H groups in total. The van der Waals surface area contributed by atoms with Crippen LogP contribution >= 0.6 is 24.0 Å². The molecule has 0 aliphatic rings. The Morgan fingerprint density at radius 3 is 2.37 bits per heavy atom. The maximum atomic E-state index is 11.8. The van der Waals surface area contributed by atoms with Crippen LogP contribution < -0.4 is 15.4 Å². The van der Waals surface area contributed by atoms with Gasteiger partial charge in [0.1, 0.15) is 0 Å². The Kier molecular flexibility index (Phi) is 12.0. The first-order chi connectivity index (χ1) is 13.9. The van der Waals surface area contributed by atoms with Crippen LogP contribution in [0.2, 0.25) is 0 Å². The molecule has 2 aromatic carbocycles. The van der Waals surface area contributed by atoms with Gasteiger partial charge in [-0.1, -0.05) is 54.6 Å². The van der Waals surface area contributed by atoms with Crippen LogP contribution in [0.15, 0.2) is 59.6 Å². The van der Waals surface area contributed by atoms with Crippen LogP contribution in [0, 0.1) is 0 Å². The second-order valence-corrected chi connectivity index (χ2v) is 8.97. The van der Waals surface area contributed by atoms with E-state index in [9.17, 15) is 8.42 Å². The Balaban J connectivity index is 0.00000450. The van der Waals surface area contributed by atoms with Crippen LogP contribution in [0.4, 0.5) is 0 Å². The molecule has 166 valence electrons. The highest BCUT2D eigenvalue weighted by Crippen LogP contribution is 2.10. The molecule has 0 aromatic heterocycles. The average molecular weight is 545 g/mol. The van der Waals surface area contributed by atoms with Gasteiger partial charge in [-0.3, -0.25) is 0 Å². The summed E-state index contributed by atoms with van der Waals surface area (Å²) >= 11 is 0. The number of rotatable bonds is 10.